The number of fused-ring (bicyclic) bond motifs is 1. The Balaban J connectivity index is 2.09. The van der Waals surface area contributed by atoms with E-state index in [9.17, 15) is 4.79 Å². The van der Waals surface area contributed by atoms with Crippen LogP contribution in [0.4, 0.5) is 5.69 Å². The molecule has 0 fully saturated rings. The molecule has 0 radical (unpaired) electrons. The topological polar surface area (TPSA) is 38.3 Å². The zero-order valence-corrected chi connectivity index (χ0v) is 16.0. The molecule has 0 aromatic heterocycles. The van der Waals surface area contributed by atoms with Crippen molar-refractivity contribution < 1.29 is 9.53 Å². The van der Waals surface area contributed by atoms with E-state index in [1.54, 1.807) is 0 Å². The lowest BCUT2D eigenvalue weighted by Gasteiger charge is -2.18. The average molecular weight is 388 g/mol. The zero-order valence-electron chi connectivity index (χ0n) is 14.4. The van der Waals surface area contributed by atoms with Gasteiger partial charge in [0.05, 0.1) is 11.1 Å². The molecule has 0 saturated carbocycles. The number of hydrogen-bond acceptors (Lipinski definition) is 2. The maximum absolute atomic E-state index is 11.0. The van der Waals surface area contributed by atoms with Crippen LogP contribution in [0.2, 0.25) is 0 Å². The zero-order chi connectivity index (χ0) is 17.4. The van der Waals surface area contributed by atoms with E-state index in [4.69, 9.17) is 4.74 Å². The summed E-state index contributed by atoms with van der Waals surface area (Å²) in [5, 5.41) is 2.84. The first-order chi connectivity index (χ1) is 11.5. The molecule has 0 aliphatic carbocycles. The molecule has 1 amide bonds. The largest absolute Gasteiger partial charge is 0.491 e. The number of benzene rings is 2. The third-order valence-electron chi connectivity index (χ3n) is 4.88. The van der Waals surface area contributed by atoms with Gasteiger partial charge in [-0.2, -0.15) is 0 Å². The predicted octanol–water partition coefficient (Wildman–Crippen LogP) is 5.28. The highest BCUT2D eigenvalue weighted by molar-refractivity contribution is 9.10. The molecule has 1 heterocycles. The van der Waals surface area contributed by atoms with Crippen LogP contribution in [0.15, 0.2) is 28.7 Å². The number of amides is 1. The number of ether oxygens (including phenoxy) is 1. The Labute approximate surface area is 151 Å². The van der Waals surface area contributed by atoms with E-state index in [1.807, 2.05) is 13.8 Å². The fourth-order valence-electron chi connectivity index (χ4n) is 3.45. The van der Waals surface area contributed by atoms with Crippen LogP contribution in [0, 0.1) is 13.8 Å². The molecule has 126 valence electrons. The van der Waals surface area contributed by atoms with E-state index in [0.29, 0.717) is 12.5 Å². The van der Waals surface area contributed by atoms with Gasteiger partial charge in [0, 0.05) is 17.2 Å². The van der Waals surface area contributed by atoms with Gasteiger partial charge in [-0.15, -0.1) is 0 Å². The number of carbonyl (C=O) groups excluding carboxylic acids is 1. The van der Waals surface area contributed by atoms with Gasteiger partial charge in [0.15, 0.2) is 0 Å². The Bertz CT molecular complexity index is 781. The highest BCUT2D eigenvalue weighted by atomic mass is 79.9. The molecule has 1 N–H and O–H groups in total. The van der Waals surface area contributed by atoms with E-state index < -0.39 is 0 Å². The van der Waals surface area contributed by atoms with Gasteiger partial charge in [-0.1, -0.05) is 38.1 Å². The third-order valence-corrected chi connectivity index (χ3v) is 5.83. The molecule has 2 aromatic carbocycles. The molecule has 3 nitrogen and oxygen atoms in total. The lowest BCUT2D eigenvalue weighted by Crippen LogP contribution is -2.06. The maximum atomic E-state index is 11.0. The van der Waals surface area contributed by atoms with Crippen LogP contribution in [0.25, 0.3) is 0 Å². The van der Waals surface area contributed by atoms with Crippen molar-refractivity contribution in [3.63, 3.8) is 0 Å². The van der Waals surface area contributed by atoms with Crippen molar-refractivity contribution in [2.75, 3.05) is 11.9 Å². The van der Waals surface area contributed by atoms with Crippen molar-refractivity contribution in [1.82, 2.24) is 0 Å². The predicted molar refractivity (Wildman–Crippen MR) is 101 cm³/mol. The van der Waals surface area contributed by atoms with Crippen LogP contribution in [-0.2, 0) is 4.79 Å². The Kier molecular flexibility index (Phi) is 4.68. The number of hydrogen-bond donors (Lipinski definition) is 1. The summed E-state index contributed by atoms with van der Waals surface area (Å²) in [5.41, 5.74) is 6.68. The lowest BCUT2D eigenvalue weighted by atomic mass is 9.87. The van der Waals surface area contributed by atoms with Gasteiger partial charge in [-0.05, 0) is 57.9 Å². The minimum Gasteiger partial charge on any atom is -0.491 e. The van der Waals surface area contributed by atoms with Gasteiger partial charge in [0.1, 0.15) is 5.75 Å². The number of anilines is 1. The van der Waals surface area contributed by atoms with Crippen molar-refractivity contribution >= 4 is 28.0 Å². The molecule has 0 spiro atoms. The van der Waals surface area contributed by atoms with Gasteiger partial charge < -0.3 is 10.1 Å². The number of halogens is 1. The molecule has 1 atom stereocenters. The van der Waals surface area contributed by atoms with E-state index in [-0.39, 0.29) is 5.92 Å². The van der Waals surface area contributed by atoms with Crippen LogP contribution in [-0.4, -0.2) is 13.0 Å². The molecule has 0 bridgehead atoms. The van der Waals surface area contributed by atoms with Crippen LogP contribution in [0.3, 0.4) is 0 Å². The van der Waals surface area contributed by atoms with Crippen LogP contribution >= 0.6 is 15.9 Å². The van der Waals surface area contributed by atoms with E-state index >= 15 is 0 Å². The van der Waals surface area contributed by atoms with Gasteiger partial charge >= 0.3 is 0 Å². The van der Waals surface area contributed by atoms with Crippen molar-refractivity contribution in [3.8, 4) is 5.75 Å². The second-order valence-electron chi connectivity index (χ2n) is 6.63. The molecule has 4 heteroatoms. The summed E-state index contributed by atoms with van der Waals surface area (Å²) in [6, 6.07) is 8.78. The quantitative estimate of drug-likeness (QED) is 0.724. The van der Waals surface area contributed by atoms with Gasteiger partial charge in [0.2, 0.25) is 6.41 Å². The monoisotopic (exact) mass is 387 g/mol. The standard InChI is InChI=1S/C20H22BrNO2/c1-11(2)14-5-7-15(8-6-14)16-9-24-20-17(16)12(3)19(22-10-23)13(4)18(20)21/h5-8,10-11,16H,9H2,1-4H3,(H,22,23). The summed E-state index contributed by atoms with van der Waals surface area (Å²) in [6.07, 6.45) is 0.733. The first kappa shape index (κ1) is 17.0. The number of nitrogens with one attached hydrogen (secondary N) is 1. The van der Waals surface area contributed by atoms with Crippen LogP contribution in [0.1, 0.15) is 53.5 Å². The number of rotatable bonds is 4. The summed E-state index contributed by atoms with van der Waals surface area (Å²) in [6.45, 7) is 9.06. The average Bonchev–Trinajstić information content (AvgIpc) is 3.02. The second kappa shape index (κ2) is 6.60. The Hall–Kier alpha value is -1.81. The Morgan fingerprint density at radius 1 is 1.21 bits per heavy atom. The second-order valence-corrected chi connectivity index (χ2v) is 7.42. The molecule has 0 saturated heterocycles. The molecule has 1 aliphatic heterocycles. The summed E-state index contributed by atoms with van der Waals surface area (Å²) in [4.78, 5) is 11.0. The maximum Gasteiger partial charge on any atom is 0.211 e. The summed E-state index contributed by atoms with van der Waals surface area (Å²) in [5.74, 6) is 1.61. The van der Waals surface area contributed by atoms with Crippen LogP contribution < -0.4 is 10.1 Å². The number of carbonyl (C=O) groups is 1. The Morgan fingerprint density at radius 2 is 1.88 bits per heavy atom. The first-order valence-corrected chi connectivity index (χ1v) is 9.00. The molecular formula is C20H22BrNO2. The molecule has 3 rings (SSSR count). The SMILES string of the molecule is Cc1c(Br)c2c(c(C)c1NC=O)C(c1ccc(C(C)C)cc1)CO2. The summed E-state index contributed by atoms with van der Waals surface area (Å²) in [7, 11) is 0. The molecule has 1 unspecified atom stereocenters. The third kappa shape index (κ3) is 2.73. The van der Waals surface area contributed by atoms with Gasteiger partial charge in [0.25, 0.3) is 0 Å². The molecule has 24 heavy (non-hydrogen) atoms. The molecular weight excluding hydrogens is 366 g/mol. The van der Waals surface area contributed by atoms with E-state index in [1.165, 1.54) is 11.1 Å². The van der Waals surface area contributed by atoms with Gasteiger partial charge in [-0.25, -0.2) is 0 Å². The molecule has 1 aliphatic rings. The van der Waals surface area contributed by atoms with Crippen molar-refractivity contribution in [2.24, 2.45) is 0 Å². The van der Waals surface area contributed by atoms with Crippen molar-refractivity contribution in [3.05, 3.63) is 56.6 Å². The van der Waals surface area contributed by atoms with Crippen LogP contribution in [0.5, 0.6) is 5.75 Å². The minimum absolute atomic E-state index is 0.185. The van der Waals surface area contributed by atoms with Gasteiger partial charge in [-0.3, -0.25) is 4.79 Å². The highest BCUT2D eigenvalue weighted by Crippen LogP contribution is 2.49. The minimum atomic E-state index is 0.185. The highest BCUT2D eigenvalue weighted by Gasteiger charge is 2.32. The fraction of sp³-hybridized carbons (Fsp3) is 0.350. The van der Waals surface area contributed by atoms with Crippen molar-refractivity contribution in [1.29, 1.82) is 0 Å². The van der Waals surface area contributed by atoms with Crippen molar-refractivity contribution in [2.45, 2.75) is 39.5 Å². The lowest BCUT2D eigenvalue weighted by molar-refractivity contribution is -0.105. The van der Waals surface area contributed by atoms with E-state index in [0.717, 1.165) is 39.0 Å². The normalized spacial score (nSPS) is 16.0. The Morgan fingerprint density at radius 3 is 2.46 bits per heavy atom. The molecule has 2 aromatic rings. The smallest absolute Gasteiger partial charge is 0.211 e. The van der Waals surface area contributed by atoms with E-state index in [2.05, 4.69) is 59.4 Å². The first-order valence-electron chi connectivity index (χ1n) is 8.21. The summed E-state index contributed by atoms with van der Waals surface area (Å²) >= 11 is 3.64. The summed E-state index contributed by atoms with van der Waals surface area (Å²) < 4.78 is 6.93. The fourth-order valence-corrected chi connectivity index (χ4v) is 3.97.